The zero-order chi connectivity index (χ0) is 18.1. The molecule has 2 aromatic carbocycles. The van der Waals surface area contributed by atoms with E-state index in [9.17, 15) is 4.79 Å². The predicted octanol–water partition coefficient (Wildman–Crippen LogP) is 3.03. The second-order valence-electron chi connectivity index (χ2n) is 5.96. The summed E-state index contributed by atoms with van der Waals surface area (Å²) in [6.45, 7) is 0.500. The molecular formula is C19H17ClN4O2. The molecule has 6 nitrogen and oxygen atoms in total. The Hall–Kier alpha value is -2.86. The van der Waals surface area contributed by atoms with Crippen LogP contribution < -0.4 is 10.3 Å². The van der Waals surface area contributed by atoms with Crippen LogP contribution in [0.3, 0.4) is 0 Å². The van der Waals surface area contributed by atoms with E-state index in [4.69, 9.17) is 16.3 Å². The number of alkyl halides is 1. The van der Waals surface area contributed by atoms with E-state index in [2.05, 4.69) is 10.2 Å². The van der Waals surface area contributed by atoms with Crippen LogP contribution in [-0.2, 0) is 18.8 Å². The molecule has 2 aromatic heterocycles. The van der Waals surface area contributed by atoms with Crippen LogP contribution in [0, 0.1) is 0 Å². The molecule has 0 saturated heterocycles. The van der Waals surface area contributed by atoms with Crippen LogP contribution in [0.1, 0.15) is 11.4 Å². The molecule has 0 aliphatic heterocycles. The third-order valence-corrected chi connectivity index (χ3v) is 4.72. The topological polar surface area (TPSA) is 61.4 Å². The SMILES string of the molecule is COc1ccc(CCn2c(=O)c3ccccc3n3c(CCl)nnc23)cc1. The van der Waals surface area contributed by atoms with Crippen molar-refractivity contribution < 1.29 is 4.74 Å². The summed E-state index contributed by atoms with van der Waals surface area (Å²) >= 11 is 6.02. The maximum atomic E-state index is 13.0. The van der Waals surface area contributed by atoms with Crippen molar-refractivity contribution in [3.63, 3.8) is 0 Å². The van der Waals surface area contributed by atoms with Gasteiger partial charge in [0.1, 0.15) is 5.75 Å². The van der Waals surface area contributed by atoms with Crippen LogP contribution >= 0.6 is 11.6 Å². The first kappa shape index (κ1) is 16.6. The van der Waals surface area contributed by atoms with Crippen LogP contribution in [0.5, 0.6) is 5.75 Å². The van der Waals surface area contributed by atoms with Gasteiger partial charge in [-0.15, -0.1) is 21.8 Å². The van der Waals surface area contributed by atoms with E-state index in [0.29, 0.717) is 30.0 Å². The van der Waals surface area contributed by atoms with E-state index < -0.39 is 0 Å². The minimum Gasteiger partial charge on any atom is -0.497 e. The Labute approximate surface area is 154 Å². The first-order chi connectivity index (χ1) is 12.7. The van der Waals surface area contributed by atoms with Gasteiger partial charge in [0, 0.05) is 6.54 Å². The highest BCUT2D eigenvalue weighted by Crippen LogP contribution is 2.17. The molecule has 0 atom stereocenters. The van der Waals surface area contributed by atoms with Crippen molar-refractivity contribution in [2.75, 3.05) is 7.11 Å². The molecule has 0 fully saturated rings. The summed E-state index contributed by atoms with van der Waals surface area (Å²) < 4.78 is 8.70. The summed E-state index contributed by atoms with van der Waals surface area (Å²) in [5, 5.41) is 8.99. The molecule has 0 saturated carbocycles. The summed E-state index contributed by atoms with van der Waals surface area (Å²) in [6, 6.07) is 15.3. The fraction of sp³-hybridized carbons (Fsp3) is 0.211. The quantitative estimate of drug-likeness (QED) is 0.508. The normalized spacial score (nSPS) is 11.3. The lowest BCUT2D eigenvalue weighted by atomic mass is 10.1. The van der Waals surface area contributed by atoms with Gasteiger partial charge in [-0.05, 0) is 36.2 Å². The number of fused-ring (bicyclic) bond motifs is 3. The van der Waals surface area contributed by atoms with Gasteiger partial charge in [-0.3, -0.25) is 13.8 Å². The molecule has 0 aliphatic rings. The molecule has 0 N–H and O–H groups in total. The Kier molecular flexibility index (Phi) is 4.34. The highest BCUT2D eigenvalue weighted by Gasteiger charge is 2.15. The van der Waals surface area contributed by atoms with Gasteiger partial charge in [0.15, 0.2) is 5.82 Å². The fourth-order valence-electron chi connectivity index (χ4n) is 3.14. The number of aromatic nitrogens is 4. The van der Waals surface area contributed by atoms with Gasteiger partial charge in [0.2, 0.25) is 5.78 Å². The van der Waals surface area contributed by atoms with Crippen LogP contribution in [-0.4, -0.2) is 26.3 Å². The van der Waals surface area contributed by atoms with Crippen LogP contribution in [0.15, 0.2) is 53.3 Å². The highest BCUT2D eigenvalue weighted by atomic mass is 35.5. The Bertz CT molecular complexity index is 1130. The minimum atomic E-state index is -0.0739. The minimum absolute atomic E-state index is 0.0739. The van der Waals surface area contributed by atoms with Gasteiger partial charge in [-0.1, -0.05) is 24.3 Å². The van der Waals surface area contributed by atoms with Crippen molar-refractivity contribution in [2.24, 2.45) is 0 Å². The van der Waals surface area contributed by atoms with Gasteiger partial charge in [0.05, 0.1) is 23.9 Å². The molecule has 0 bridgehead atoms. The van der Waals surface area contributed by atoms with Gasteiger partial charge < -0.3 is 4.74 Å². The standard InChI is InChI=1S/C19H17ClN4O2/c1-26-14-8-6-13(7-9-14)10-11-23-18(25)15-4-2-3-5-16(15)24-17(12-20)21-22-19(23)24/h2-9H,10-12H2,1H3. The summed E-state index contributed by atoms with van der Waals surface area (Å²) in [6.07, 6.45) is 0.695. The maximum absolute atomic E-state index is 13.0. The van der Waals surface area contributed by atoms with Crippen molar-refractivity contribution in [2.45, 2.75) is 18.8 Å². The summed E-state index contributed by atoms with van der Waals surface area (Å²) in [5.41, 5.74) is 1.81. The van der Waals surface area contributed by atoms with Crippen LogP contribution in [0.25, 0.3) is 16.7 Å². The number of nitrogens with zero attached hydrogens (tertiary/aromatic N) is 4. The number of aryl methyl sites for hydroxylation is 2. The van der Waals surface area contributed by atoms with Gasteiger partial charge in [-0.25, -0.2) is 0 Å². The zero-order valence-electron chi connectivity index (χ0n) is 14.2. The van der Waals surface area contributed by atoms with Crippen molar-refractivity contribution in [1.29, 1.82) is 0 Å². The van der Waals surface area contributed by atoms with E-state index >= 15 is 0 Å². The molecular weight excluding hydrogens is 352 g/mol. The Morgan fingerprint density at radius 3 is 2.58 bits per heavy atom. The number of ether oxygens (including phenoxy) is 1. The van der Waals surface area contributed by atoms with Crippen molar-refractivity contribution in [3.05, 3.63) is 70.3 Å². The van der Waals surface area contributed by atoms with Crippen molar-refractivity contribution in [3.8, 4) is 5.75 Å². The van der Waals surface area contributed by atoms with E-state index in [-0.39, 0.29) is 11.4 Å². The van der Waals surface area contributed by atoms with Crippen molar-refractivity contribution in [1.82, 2.24) is 19.2 Å². The maximum Gasteiger partial charge on any atom is 0.262 e. The van der Waals surface area contributed by atoms with E-state index in [1.807, 2.05) is 52.9 Å². The lowest BCUT2D eigenvalue weighted by Gasteiger charge is -2.11. The molecule has 0 spiro atoms. The number of hydrogen-bond acceptors (Lipinski definition) is 4. The monoisotopic (exact) mass is 368 g/mol. The first-order valence-electron chi connectivity index (χ1n) is 8.27. The molecule has 4 rings (SSSR count). The van der Waals surface area contributed by atoms with E-state index in [1.165, 1.54) is 0 Å². The third-order valence-electron chi connectivity index (χ3n) is 4.48. The largest absolute Gasteiger partial charge is 0.497 e. The number of para-hydroxylation sites is 1. The number of methoxy groups -OCH3 is 1. The van der Waals surface area contributed by atoms with E-state index in [0.717, 1.165) is 16.8 Å². The van der Waals surface area contributed by atoms with E-state index in [1.54, 1.807) is 11.7 Å². The molecule has 4 aromatic rings. The Balaban J connectivity index is 1.81. The summed E-state index contributed by atoms with van der Waals surface area (Å²) in [4.78, 5) is 13.0. The zero-order valence-corrected chi connectivity index (χ0v) is 15.0. The average Bonchev–Trinajstić information content (AvgIpc) is 3.12. The van der Waals surface area contributed by atoms with Gasteiger partial charge in [-0.2, -0.15) is 0 Å². The smallest absolute Gasteiger partial charge is 0.262 e. The highest BCUT2D eigenvalue weighted by molar-refractivity contribution is 6.16. The average molecular weight is 369 g/mol. The number of halogens is 1. The lowest BCUT2D eigenvalue weighted by molar-refractivity contribution is 0.414. The first-order valence-corrected chi connectivity index (χ1v) is 8.81. The lowest BCUT2D eigenvalue weighted by Crippen LogP contribution is -2.24. The molecule has 0 unspecified atom stereocenters. The number of benzene rings is 2. The molecule has 0 amide bonds. The summed E-state index contributed by atoms with van der Waals surface area (Å²) in [7, 11) is 1.64. The number of hydrogen-bond donors (Lipinski definition) is 0. The van der Waals surface area contributed by atoms with Gasteiger partial charge in [0.25, 0.3) is 5.56 Å². The molecule has 0 aliphatic carbocycles. The fourth-order valence-corrected chi connectivity index (χ4v) is 3.31. The van der Waals surface area contributed by atoms with Crippen LogP contribution in [0.2, 0.25) is 0 Å². The van der Waals surface area contributed by atoms with Crippen LogP contribution in [0.4, 0.5) is 0 Å². The second kappa shape index (κ2) is 6.80. The Morgan fingerprint density at radius 1 is 1.08 bits per heavy atom. The third kappa shape index (κ3) is 2.72. The molecule has 132 valence electrons. The molecule has 26 heavy (non-hydrogen) atoms. The summed E-state index contributed by atoms with van der Waals surface area (Å²) in [5.74, 6) is 2.17. The Morgan fingerprint density at radius 2 is 1.85 bits per heavy atom. The predicted molar refractivity (Wildman–Crippen MR) is 101 cm³/mol. The van der Waals surface area contributed by atoms with Crippen molar-refractivity contribution >= 4 is 28.3 Å². The van der Waals surface area contributed by atoms with Gasteiger partial charge >= 0.3 is 0 Å². The number of rotatable bonds is 5. The molecule has 2 heterocycles. The second-order valence-corrected chi connectivity index (χ2v) is 6.22. The molecule has 7 heteroatoms. The molecule has 0 radical (unpaired) electrons.